The molecule has 0 radical (unpaired) electrons. The second-order valence-corrected chi connectivity index (χ2v) is 6.95. The highest BCUT2D eigenvalue weighted by Gasteiger charge is 2.30. The van der Waals surface area contributed by atoms with Crippen molar-refractivity contribution in [1.29, 1.82) is 0 Å². The van der Waals surface area contributed by atoms with Crippen molar-refractivity contribution >= 4 is 15.9 Å². The topological polar surface area (TPSA) is 9.23 Å². The Morgan fingerprint density at radius 3 is 2.06 bits per heavy atom. The van der Waals surface area contributed by atoms with Crippen LogP contribution in [0.5, 0.6) is 0 Å². The van der Waals surface area contributed by atoms with Crippen LogP contribution in [0.2, 0.25) is 0 Å². The summed E-state index contributed by atoms with van der Waals surface area (Å²) < 4.78 is 6.23. The van der Waals surface area contributed by atoms with Crippen LogP contribution in [0.1, 0.15) is 65.7 Å². The number of hydrogen-bond donors (Lipinski definition) is 0. The fourth-order valence-electron chi connectivity index (χ4n) is 2.26. The summed E-state index contributed by atoms with van der Waals surface area (Å²) in [5.41, 5.74) is 0.528. The van der Waals surface area contributed by atoms with Crippen LogP contribution in [-0.4, -0.2) is 17.5 Å². The molecule has 1 aliphatic rings. The molecule has 96 valence electrons. The molecule has 0 aliphatic heterocycles. The van der Waals surface area contributed by atoms with Gasteiger partial charge in [0.05, 0.1) is 5.60 Å². The quantitative estimate of drug-likeness (QED) is 0.527. The van der Waals surface area contributed by atoms with E-state index in [0.717, 1.165) is 18.4 Å². The Morgan fingerprint density at radius 1 is 1.06 bits per heavy atom. The SMILES string of the molecule is CC(C)(C)CCOC1(CBr)CCCCCC1. The van der Waals surface area contributed by atoms with Crippen LogP contribution < -0.4 is 0 Å². The molecular formula is C14H27BrO. The van der Waals surface area contributed by atoms with Gasteiger partial charge < -0.3 is 4.74 Å². The Hall–Kier alpha value is 0.440. The molecule has 0 atom stereocenters. The van der Waals surface area contributed by atoms with E-state index in [4.69, 9.17) is 4.74 Å². The summed E-state index contributed by atoms with van der Waals surface area (Å²) in [4.78, 5) is 0. The number of ether oxygens (including phenoxy) is 1. The van der Waals surface area contributed by atoms with Gasteiger partial charge in [0.25, 0.3) is 0 Å². The van der Waals surface area contributed by atoms with Crippen LogP contribution >= 0.6 is 15.9 Å². The Morgan fingerprint density at radius 2 is 1.62 bits per heavy atom. The molecule has 0 bridgehead atoms. The highest BCUT2D eigenvalue weighted by atomic mass is 79.9. The lowest BCUT2D eigenvalue weighted by Crippen LogP contribution is -2.35. The first-order chi connectivity index (χ1) is 7.47. The molecule has 0 saturated heterocycles. The minimum atomic E-state index is 0.141. The maximum Gasteiger partial charge on any atom is 0.0778 e. The van der Waals surface area contributed by atoms with Gasteiger partial charge in [0.15, 0.2) is 0 Å². The number of alkyl halides is 1. The fourth-order valence-corrected chi connectivity index (χ4v) is 2.99. The lowest BCUT2D eigenvalue weighted by Gasteiger charge is -2.32. The predicted molar refractivity (Wildman–Crippen MR) is 74.3 cm³/mol. The van der Waals surface area contributed by atoms with Crippen LogP contribution in [0.15, 0.2) is 0 Å². The molecule has 0 aromatic carbocycles. The lowest BCUT2D eigenvalue weighted by atomic mass is 9.92. The third kappa shape index (κ3) is 5.18. The molecule has 0 spiro atoms. The second kappa shape index (κ2) is 6.39. The zero-order valence-corrected chi connectivity index (χ0v) is 12.7. The van der Waals surface area contributed by atoms with E-state index in [1.807, 2.05) is 0 Å². The van der Waals surface area contributed by atoms with Crippen molar-refractivity contribution in [3.05, 3.63) is 0 Å². The summed E-state index contributed by atoms with van der Waals surface area (Å²) in [5.74, 6) is 0. The van der Waals surface area contributed by atoms with Gasteiger partial charge in [-0.1, -0.05) is 62.4 Å². The average molecular weight is 291 g/mol. The van der Waals surface area contributed by atoms with Crippen LogP contribution in [0.4, 0.5) is 0 Å². The molecule has 1 saturated carbocycles. The van der Waals surface area contributed by atoms with Gasteiger partial charge in [-0.15, -0.1) is 0 Å². The smallest absolute Gasteiger partial charge is 0.0778 e. The summed E-state index contributed by atoms with van der Waals surface area (Å²) in [6.07, 6.45) is 9.07. The van der Waals surface area contributed by atoms with Crippen LogP contribution in [0.3, 0.4) is 0 Å². The van der Waals surface area contributed by atoms with Crippen molar-refractivity contribution in [1.82, 2.24) is 0 Å². The number of rotatable bonds is 4. The normalized spacial score (nSPS) is 21.8. The highest BCUT2D eigenvalue weighted by Crippen LogP contribution is 2.33. The van der Waals surface area contributed by atoms with E-state index >= 15 is 0 Å². The number of halogens is 1. The first-order valence-electron chi connectivity index (χ1n) is 6.67. The summed E-state index contributed by atoms with van der Waals surface area (Å²) in [6, 6.07) is 0. The maximum absolute atomic E-state index is 6.23. The minimum absolute atomic E-state index is 0.141. The molecule has 1 nitrogen and oxygen atoms in total. The molecule has 1 fully saturated rings. The molecular weight excluding hydrogens is 264 g/mol. The molecule has 0 amide bonds. The van der Waals surface area contributed by atoms with Gasteiger partial charge in [-0.3, -0.25) is 0 Å². The lowest BCUT2D eigenvalue weighted by molar-refractivity contribution is -0.0460. The third-order valence-electron chi connectivity index (χ3n) is 3.52. The Bertz CT molecular complexity index is 187. The first kappa shape index (κ1) is 14.5. The van der Waals surface area contributed by atoms with E-state index in [1.165, 1.54) is 38.5 Å². The predicted octanol–water partition coefficient (Wildman–Crippen LogP) is 4.93. The molecule has 0 heterocycles. The van der Waals surface area contributed by atoms with E-state index in [1.54, 1.807) is 0 Å². The van der Waals surface area contributed by atoms with E-state index in [2.05, 4.69) is 36.7 Å². The largest absolute Gasteiger partial charge is 0.374 e. The highest BCUT2D eigenvalue weighted by molar-refractivity contribution is 9.09. The van der Waals surface area contributed by atoms with Crippen molar-refractivity contribution in [2.75, 3.05) is 11.9 Å². The zero-order valence-electron chi connectivity index (χ0n) is 11.2. The average Bonchev–Trinajstić information content (AvgIpc) is 2.42. The summed E-state index contributed by atoms with van der Waals surface area (Å²) in [7, 11) is 0. The van der Waals surface area contributed by atoms with E-state index in [0.29, 0.717) is 5.41 Å². The van der Waals surface area contributed by atoms with Gasteiger partial charge in [-0.25, -0.2) is 0 Å². The van der Waals surface area contributed by atoms with Gasteiger partial charge in [-0.05, 0) is 24.7 Å². The fraction of sp³-hybridized carbons (Fsp3) is 1.00. The molecule has 0 aromatic rings. The molecule has 2 heteroatoms. The van der Waals surface area contributed by atoms with E-state index < -0.39 is 0 Å². The van der Waals surface area contributed by atoms with Crippen molar-refractivity contribution in [3.63, 3.8) is 0 Å². The van der Waals surface area contributed by atoms with Crippen LogP contribution in [-0.2, 0) is 4.74 Å². The van der Waals surface area contributed by atoms with E-state index in [9.17, 15) is 0 Å². The van der Waals surface area contributed by atoms with Gasteiger partial charge >= 0.3 is 0 Å². The third-order valence-corrected chi connectivity index (χ3v) is 4.54. The molecule has 0 N–H and O–H groups in total. The Balaban J connectivity index is 2.39. The van der Waals surface area contributed by atoms with Crippen LogP contribution in [0.25, 0.3) is 0 Å². The second-order valence-electron chi connectivity index (χ2n) is 6.39. The Labute approximate surface area is 109 Å². The molecule has 0 aromatic heterocycles. The Kier molecular flexibility index (Phi) is 5.79. The molecule has 0 unspecified atom stereocenters. The summed E-state index contributed by atoms with van der Waals surface area (Å²) in [5, 5.41) is 1.00. The standard InChI is InChI=1S/C14H27BrO/c1-13(2,3)10-11-16-14(12-15)8-6-4-5-7-9-14/h4-12H2,1-3H3. The summed E-state index contributed by atoms with van der Waals surface area (Å²) in [6.45, 7) is 7.76. The van der Waals surface area contributed by atoms with Gasteiger partial charge in [0.2, 0.25) is 0 Å². The van der Waals surface area contributed by atoms with Gasteiger partial charge in [0.1, 0.15) is 0 Å². The molecule has 16 heavy (non-hydrogen) atoms. The monoisotopic (exact) mass is 290 g/mol. The minimum Gasteiger partial charge on any atom is -0.374 e. The summed E-state index contributed by atoms with van der Waals surface area (Å²) >= 11 is 3.66. The zero-order chi connectivity index (χ0) is 12.1. The molecule has 1 rings (SSSR count). The van der Waals surface area contributed by atoms with E-state index in [-0.39, 0.29) is 5.60 Å². The van der Waals surface area contributed by atoms with Crippen molar-refractivity contribution in [2.45, 2.75) is 71.3 Å². The van der Waals surface area contributed by atoms with Crippen molar-refractivity contribution in [2.24, 2.45) is 5.41 Å². The van der Waals surface area contributed by atoms with Gasteiger partial charge in [0, 0.05) is 11.9 Å². The maximum atomic E-state index is 6.23. The van der Waals surface area contributed by atoms with Crippen molar-refractivity contribution in [3.8, 4) is 0 Å². The van der Waals surface area contributed by atoms with Crippen LogP contribution in [0, 0.1) is 5.41 Å². The molecule has 1 aliphatic carbocycles. The number of hydrogen-bond acceptors (Lipinski definition) is 1. The van der Waals surface area contributed by atoms with Crippen molar-refractivity contribution < 1.29 is 4.74 Å². The van der Waals surface area contributed by atoms with Gasteiger partial charge in [-0.2, -0.15) is 0 Å². The first-order valence-corrected chi connectivity index (χ1v) is 7.80.